The average Bonchev–Trinajstić information content (AvgIpc) is 2.91. The normalized spacial score (nSPS) is 10.2. The number of benzene rings is 1. The molecule has 0 fully saturated rings. The third-order valence-corrected chi connectivity index (χ3v) is 2.69. The van der Waals surface area contributed by atoms with Gasteiger partial charge in [-0.3, -0.25) is 9.69 Å². The average molecular weight is 269 g/mol. The molecule has 0 saturated heterocycles. The zero-order valence-corrected chi connectivity index (χ0v) is 11.2. The number of rotatable bonds is 5. The molecule has 1 N–H and O–H groups in total. The highest BCUT2D eigenvalue weighted by Crippen LogP contribution is 2.10. The van der Waals surface area contributed by atoms with Crippen molar-refractivity contribution in [2.75, 3.05) is 18.9 Å². The van der Waals surface area contributed by atoms with Crippen LogP contribution in [0.4, 0.5) is 5.69 Å². The number of amides is 1. The summed E-state index contributed by atoms with van der Waals surface area (Å²) in [6.07, 6.45) is 1.61. The molecule has 2 rings (SSSR count). The Morgan fingerprint density at radius 2 is 2.25 bits per heavy atom. The van der Waals surface area contributed by atoms with Crippen molar-refractivity contribution >= 4 is 11.6 Å². The largest absolute Gasteiger partial charge is 0.468 e. The highest BCUT2D eigenvalue weighted by Gasteiger charge is 2.09. The Kier molecular flexibility index (Phi) is 4.53. The summed E-state index contributed by atoms with van der Waals surface area (Å²) >= 11 is 0. The molecule has 0 aliphatic rings. The van der Waals surface area contributed by atoms with Crippen LogP contribution in [-0.2, 0) is 11.3 Å². The summed E-state index contributed by atoms with van der Waals surface area (Å²) in [6.45, 7) is 0.816. The van der Waals surface area contributed by atoms with Gasteiger partial charge in [-0.1, -0.05) is 6.07 Å². The molecule has 5 nitrogen and oxygen atoms in total. The van der Waals surface area contributed by atoms with Crippen molar-refractivity contribution in [2.45, 2.75) is 6.54 Å². The Morgan fingerprint density at radius 3 is 2.95 bits per heavy atom. The molecule has 0 spiro atoms. The predicted octanol–water partition coefficient (Wildman–Crippen LogP) is 2.22. The monoisotopic (exact) mass is 269 g/mol. The topological polar surface area (TPSA) is 69.3 Å². The maximum atomic E-state index is 11.9. The molecule has 1 aromatic carbocycles. The van der Waals surface area contributed by atoms with Gasteiger partial charge in [-0.15, -0.1) is 0 Å². The molecule has 0 aliphatic heterocycles. The van der Waals surface area contributed by atoms with Crippen LogP contribution in [0.5, 0.6) is 0 Å². The van der Waals surface area contributed by atoms with E-state index >= 15 is 0 Å². The third kappa shape index (κ3) is 3.97. The van der Waals surface area contributed by atoms with Gasteiger partial charge in [0, 0.05) is 5.69 Å². The van der Waals surface area contributed by atoms with Gasteiger partial charge in [0.25, 0.3) is 0 Å². The van der Waals surface area contributed by atoms with E-state index in [1.807, 2.05) is 30.1 Å². The van der Waals surface area contributed by atoms with E-state index in [0.717, 1.165) is 5.76 Å². The molecule has 2 aromatic rings. The molecule has 0 unspecified atom stereocenters. The Hall–Kier alpha value is -2.58. The molecule has 102 valence electrons. The fourth-order valence-corrected chi connectivity index (χ4v) is 1.84. The fraction of sp³-hybridized carbons (Fsp3) is 0.200. The molecule has 0 bridgehead atoms. The van der Waals surface area contributed by atoms with Crippen molar-refractivity contribution < 1.29 is 9.21 Å². The second-order valence-corrected chi connectivity index (χ2v) is 4.49. The van der Waals surface area contributed by atoms with Gasteiger partial charge < -0.3 is 9.73 Å². The highest BCUT2D eigenvalue weighted by atomic mass is 16.3. The molecular weight excluding hydrogens is 254 g/mol. The minimum atomic E-state index is -0.130. The molecule has 1 aromatic heterocycles. The number of carbonyl (C=O) groups is 1. The standard InChI is InChI=1S/C15H15N3O2/c1-18(10-14-6-3-7-20-14)11-15(19)17-13-5-2-4-12(8-13)9-16/h2-8H,10-11H2,1H3,(H,17,19). The van der Waals surface area contributed by atoms with E-state index in [9.17, 15) is 4.79 Å². The minimum absolute atomic E-state index is 0.130. The summed E-state index contributed by atoms with van der Waals surface area (Å²) in [7, 11) is 1.84. The first-order valence-corrected chi connectivity index (χ1v) is 6.18. The molecule has 0 radical (unpaired) electrons. The zero-order valence-electron chi connectivity index (χ0n) is 11.2. The van der Waals surface area contributed by atoms with Gasteiger partial charge in [0.05, 0.1) is 31.0 Å². The van der Waals surface area contributed by atoms with Crippen molar-refractivity contribution in [3.63, 3.8) is 0 Å². The highest BCUT2D eigenvalue weighted by molar-refractivity contribution is 5.92. The van der Waals surface area contributed by atoms with Gasteiger partial charge in [-0.05, 0) is 37.4 Å². The summed E-state index contributed by atoms with van der Waals surface area (Å²) < 4.78 is 5.22. The number of hydrogen-bond donors (Lipinski definition) is 1. The van der Waals surface area contributed by atoms with Crippen molar-refractivity contribution in [3.05, 3.63) is 54.0 Å². The number of nitrogens with zero attached hydrogens (tertiary/aromatic N) is 2. The quantitative estimate of drug-likeness (QED) is 0.903. The lowest BCUT2D eigenvalue weighted by molar-refractivity contribution is -0.117. The minimum Gasteiger partial charge on any atom is -0.468 e. The number of furan rings is 1. The van der Waals surface area contributed by atoms with Crippen molar-refractivity contribution in [3.8, 4) is 6.07 Å². The summed E-state index contributed by atoms with van der Waals surface area (Å²) in [5, 5.41) is 11.6. The second kappa shape index (κ2) is 6.55. The first-order chi connectivity index (χ1) is 9.67. The van der Waals surface area contributed by atoms with Gasteiger partial charge in [-0.25, -0.2) is 0 Å². The molecule has 20 heavy (non-hydrogen) atoms. The smallest absolute Gasteiger partial charge is 0.238 e. The van der Waals surface area contributed by atoms with E-state index < -0.39 is 0 Å². The van der Waals surface area contributed by atoms with Crippen LogP contribution in [0, 0.1) is 11.3 Å². The van der Waals surface area contributed by atoms with Gasteiger partial charge in [0.1, 0.15) is 5.76 Å². The number of likely N-dealkylation sites (N-methyl/N-ethyl adjacent to an activating group) is 1. The molecule has 0 aliphatic carbocycles. The Bertz CT molecular complexity index is 614. The Labute approximate surface area is 117 Å². The van der Waals surface area contributed by atoms with Gasteiger partial charge in [0.2, 0.25) is 5.91 Å². The first-order valence-electron chi connectivity index (χ1n) is 6.18. The maximum Gasteiger partial charge on any atom is 0.238 e. The number of hydrogen-bond acceptors (Lipinski definition) is 4. The number of anilines is 1. The number of carbonyl (C=O) groups excluding carboxylic acids is 1. The number of nitrogens with one attached hydrogen (secondary N) is 1. The van der Waals surface area contributed by atoms with Crippen LogP contribution in [0.2, 0.25) is 0 Å². The summed E-state index contributed by atoms with van der Waals surface area (Å²) in [6, 6.07) is 12.5. The molecule has 5 heteroatoms. The second-order valence-electron chi connectivity index (χ2n) is 4.49. The molecule has 0 saturated carbocycles. The van der Waals surface area contributed by atoms with E-state index in [1.54, 1.807) is 30.5 Å². The van der Waals surface area contributed by atoms with Gasteiger partial charge >= 0.3 is 0 Å². The fourth-order valence-electron chi connectivity index (χ4n) is 1.84. The van der Waals surface area contributed by atoms with Crippen molar-refractivity contribution in [2.24, 2.45) is 0 Å². The van der Waals surface area contributed by atoms with E-state index in [-0.39, 0.29) is 12.5 Å². The zero-order chi connectivity index (χ0) is 14.4. The molecular formula is C15H15N3O2. The van der Waals surface area contributed by atoms with Crippen molar-refractivity contribution in [1.29, 1.82) is 5.26 Å². The lowest BCUT2D eigenvalue weighted by Gasteiger charge is -2.14. The lowest BCUT2D eigenvalue weighted by Crippen LogP contribution is -2.29. The van der Waals surface area contributed by atoms with Crippen LogP contribution in [-0.4, -0.2) is 24.4 Å². The first kappa shape index (κ1) is 13.8. The van der Waals surface area contributed by atoms with E-state index in [2.05, 4.69) is 5.32 Å². The van der Waals surface area contributed by atoms with Crippen LogP contribution in [0.3, 0.4) is 0 Å². The van der Waals surface area contributed by atoms with Crippen LogP contribution >= 0.6 is 0 Å². The molecule has 1 heterocycles. The van der Waals surface area contributed by atoms with Crippen LogP contribution in [0.1, 0.15) is 11.3 Å². The summed E-state index contributed by atoms with van der Waals surface area (Å²) in [5.41, 5.74) is 1.15. The lowest BCUT2D eigenvalue weighted by atomic mass is 10.2. The summed E-state index contributed by atoms with van der Waals surface area (Å²) in [5.74, 6) is 0.681. The Balaban J connectivity index is 1.87. The summed E-state index contributed by atoms with van der Waals surface area (Å²) in [4.78, 5) is 13.7. The predicted molar refractivity (Wildman–Crippen MR) is 74.8 cm³/mol. The van der Waals surface area contributed by atoms with Crippen LogP contribution in [0.25, 0.3) is 0 Å². The van der Waals surface area contributed by atoms with E-state index in [4.69, 9.17) is 9.68 Å². The van der Waals surface area contributed by atoms with Crippen molar-refractivity contribution in [1.82, 2.24) is 4.90 Å². The third-order valence-electron chi connectivity index (χ3n) is 2.69. The number of nitriles is 1. The Morgan fingerprint density at radius 1 is 1.40 bits per heavy atom. The van der Waals surface area contributed by atoms with Crippen LogP contribution < -0.4 is 5.32 Å². The van der Waals surface area contributed by atoms with Gasteiger partial charge in [-0.2, -0.15) is 5.26 Å². The SMILES string of the molecule is CN(CC(=O)Nc1cccc(C#N)c1)Cc1ccco1. The van der Waals surface area contributed by atoms with E-state index in [1.165, 1.54) is 0 Å². The molecule has 0 atom stereocenters. The maximum absolute atomic E-state index is 11.9. The van der Waals surface area contributed by atoms with E-state index in [0.29, 0.717) is 17.8 Å². The van der Waals surface area contributed by atoms with Gasteiger partial charge in [0.15, 0.2) is 0 Å². The molecule has 1 amide bonds. The van der Waals surface area contributed by atoms with Crippen LogP contribution in [0.15, 0.2) is 47.1 Å².